The molecule has 0 bridgehead atoms. The molecule has 1 unspecified atom stereocenters. The third-order valence-electron chi connectivity index (χ3n) is 3.15. The smallest absolute Gasteiger partial charge is 0.228 e. The van der Waals surface area contributed by atoms with Gasteiger partial charge in [0.05, 0.1) is 12.3 Å². The highest BCUT2D eigenvalue weighted by Gasteiger charge is 2.19. The lowest BCUT2D eigenvalue weighted by atomic mass is 10.1. The summed E-state index contributed by atoms with van der Waals surface area (Å²) in [6.07, 6.45) is 1.08. The van der Waals surface area contributed by atoms with Crippen molar-refractivity contribution in [2.75, 3.05) is 17.2 Å². The molecule has 4 N–H and O–H groups in total. The zero-order valence-electron chi connectivity index (χ0n) is 10.3. The van der Waals surface area contributed by atoms with Crippen molar-refractivity contribution in [2.45, 2.75) is 19.8 Å². The minimum absolute atomic E-state index is 0.0122. The van der Waals surface area contributed by atoms with Gasteiger partial charge in [-0.2, -0.15) is 0 Å². The standard InChI is InChI=1S/C13H17N3O2/c1-2-8(7-14)13(18)15-10-3-4-11-9(5-10)6-12(17)16-11/h3-5,8H,2,6-7,14H2,1H3,(H,15,18)(H,16,17). The third-order valence-corrected chi connectivity index (χ3v) is 3.15. The van der Waals surface area contributed by atoms with Gasteiger partial charge >= 0.3 is 0 Å². The number of carbonyl (C=O) groups excluding carboxylic acids is 2. The van der Waals surface area contributed by atoms with Crippen molar-refractivity contribution in [1.82, 2.24) is 0 Å². The van der Waals surface area contributed by atoms with Crippen LogP contribution in [0.4, 0.5) is 11.4 Å². The summed E-state index contributed by atoms with van der Waals surface area (Å²) in [5.74, 6) is -0.253. The highest BCUT2D eigenvalue weighted by atomic mass is 16.2. The fraction of sp³-hybridized carbons (Fsp3) is 0.385. The van der Waals surface area contributed by atoms with Crippen molar-refractivity contribution in [2.24, 2.45) is 11.7 Å². The molecule has 0 saturated heterocycles. The number of amides is 2. The van der Waals surface area contributed by atoms with Crippen LogP contribution in [-0.2, 0) is 16.0 Å². The molecule has 96 valence electrons. The Kier molecular flexibility index (Phi) is 3.62. The van der Waals surface area contributed by atoms with Gasteiger partial charge in [0.1, 0.15) is 0 Å². The molecule has 0 spiro atoms. The SMILES string of the molecule is CCC(CN)C(=O)Nc1ccc2c(c1)CC(=O)N2. The maximum absolute atomic E-state index is 11.9. The van der Waals surface area contributed by atoms with E-state index in [0.29, 0.717) is 25.1 Å². The van der Waals surface area contributed by atoms with E-state index in [1.807, 2.05) is 13.0 Å². The van der Waals surface area contributed by atoms with Gasteiger partial charge in [-0.3, -0.25) is 9.59 Å². The first-order valence-corrected chi connectivity index (χ1v) is 6.07. The monoisotopic (exact) mass is 247 g/mol. The molecule has 1 heterocycles. The Morgan fingerprint density at radius 1 is 1.56 bits per heavy atom. The molecule has 1 aromatic carbocycles. The van der Waals surface area contributed by atoms with E-state index >= 15 is 0 Å². The van der Waals surface area contributed by atoms with E-state index in [-0.39, 0.29) is 17.7 Å². The fourth-order valence-corrected chi connectivity index (χ4v) is 2.01. The number of carbonyl (C=O) groups is 2. The minimum atomic E-state index is -0.169. The molecule has 0 saturated carbocycles. The van der Waals surface area contributed by atoms with Crippen molar-refractivity contribution in [3.05, 3.63) is 23.8 Å². The number of nitrogens with two attached hydrogens (primary N) is 1. The fourth-order valence-electron chi connectivity index (χ4n) is 2.01. The lowest BCUT2D eigenvalue weighted by Gasteiger charge is -2.13. The zero-order valence-corrected chi connectivity index (χ0v) is 10.3. The molecule has 0 aliphatic carbocycles. The normalized spacial score (nSPS) is 14.9. The number of fused-ring (bicyclic) bond motifs is 1. The van der Waals surface area contributed by atoms with Gasteiger partial charge in [0.25, 0.3) is 0 Å². The van der Waals surface area contributed by atoms with Crippen molar-refractivity contribution in [1.29, 1.82) is 0 Å². The molecule has 1 aromatic rings. The van der Waals surface area contributed by atoms with Crippen LogP contribution in [0.25, 0.3) is 0 Å². The first kappa shape index (κ1) is 12.6. The molecule has 0 fully saturated rings. The maximum atomic E-state index is 11.9. The third kappa shape index (κ3) is 2.51. The van der Waals surface area contributed by atoms with Gasteiger partial charge in [-0.15, -0.1) is 0 Å². The number of benzene rings is 1. The molecule has 5 nitrogen and oxygen atoms in total. The van der Waals surface area contributed by atoms with Crippen LogP contribution in [0.3, 0.4) is 0 Å². The van der Waals surface area contributed by atoms with Gasteiger partial charge < -0.3 is 16.4 Å². The van der Waals surface area contributed by atoms with Crippen molar-refractivity contribution < 1.29 is 9.59 Å². The molecule has 5 heteroatoms. The molecule has 0 radical (unpaired) electrons. The lowest BCUT2D eigenvalue weighted by Crippen LogP contribution is -2.28. The zero-order chi connectivity index (χ0) is 13.1. The Balaban J connectivity index is 2.09. The number of nitrogens with one attached hydrogen (secondary N) is 2. The van der Waals surface area contributed by atoms with Gasteiger partial charge in [-0.25, -0.2) is 0 Å². The van der Waals surface area contributed by atoms with E-state index in [2.05, 4.69) is 10.6 Å². The van der Waals surface area contributed by atoms with Crippen LogP contribution in [0.2, 0.25) is 0 Å². The molecular weight excluding hydrogens is 230 g/mol. The highest BCUT2D eigenvalue weighted by molar-refractivity contribution is 6.00. The second kappa shape index (κ2) is 5.18. The first-order valence-electron chi connectivity index (χ1n) is 6.07. The van der Waals surface area contributed by atoms with E-state index in [1.54, 1.807) is 12.1 Å². The van der Waals surface area contributed by atoms with Gasteiger partial charge in [0, 0.05) is 17.9 Å². The van der Waals surface area contributed by atoms with Crippen LogP contribution in [0.15, 0.2) is 18.2 Å². The summed E-state index contributed by atoms with van der Waals surface area (Å²) in [6, 6.07) is 5.42. The lowest BCUT2D eigenvalue weighted by molar-refractivity contribution is -0.119. The Bertz CT molecular complexity index is 481. The summed E-state index contributed by atoms with van der Waals surface area (Å²) < 4.78 is 0. The van der Waals surface area contributed by atoms with E-state index < -0.39 is 0 Å². The van der Waals surface area contributed by atoms with Crippen LogP contribution in [-0.4, -0.2) is 18.4 Å². The Labute approximate surface area is 106 Å². The molecule has 1 atom stereocenters. The van der Waals surface area contributed by atoms with Crippen molar-refractivity contribution in [3.8, 4) is 0 Å². The molecule has 0 aromatic heterocycles. The first-order chi connectivity index (χ1) is 8.63. The second-order valence-electron chi connectivity index (χ2n) is 4.43. The number of anilines is 2. The van der Waals surface area contributed by atoms with E-state index in [4.69, 9.17) is 5.73 Å². The van der Waals surface area contributed by atoms with E-state index in [9.17, 15) is 9.59 Å². The summed E-state index contributed by atoms with van der Waals surface area (Å²) in [7, 11) is 0. The largest absolute Gasteiger partial charge is 0.330 e. The Morgan fingerprint density at radius 3 is 3.00 bits per heavy atom. The predicted molar refractivity (Wildman–Crippen MR) is 70.2 cm³/mol. The van der Waals surface area contributed by atoms with Crippen LogP contribution in [0.5, 0.6) is 0 Å². The van der Waals surface area contributed by atoms with Gasteiger partial charge in [0.15, 0.2) is 0 Å². The van der Waals surface area contributed by atoms with Gasteiger partial charge in [-0.05, 0) is 30.2 Å². The second-order valence-corrected chi connectivity index (χ2v) is 4.43. The summed E-state index contributed by atoms with van der Waals surface area (Å²) in [6.45, 7) is 2.27. The predicted octanol–water partition coefficient (Wildman–Crippen LogP) is 1.10. The summed E-state index contributed by atoms with van der Waals surface area (Å²) in [5, 5.41) is 5.58. The average Bonchev–Trinajstić information content (AvgIpc) is 2.70. The van der Waals surface area contributed by atoms with E-state index in [0.717, 1.165) is 11.3 Å². The molecule has 1 aliphatic heterocycles. The maximum Gasteiger partial charge on any atom is 0.228 e. The molecule has 2 amide bonds. The van der Waals surface area contributed by atoms with E-state index in [1.165, 1.54) is 0 Å². The van der Waals surface area contributed by atoms with Crippen LogP contribution >= 0.6 is 0 Å². The van der Waals surface area contributed by atoms with Gasteiger partial charge in [-0.1, -0.05) is 6.92 Å². The van der Waals surface area contributed by atoms with Crippen LogP contribution in [0, 0.1) is 5.92 Å². The van der Waals surface area contributed by atoms with Crippen LogP contribution in [0.1, 0.15) is 18.9 Å². The molecule has 18 heavy (non-hydrogen) atoms. The molecule has 1 aliphatic rings. The summed E-state index contributed by atoms with van der Waals surface area (Å²) in [5.41, 5.74) is 7.98. The van der Waals surface area contributed by atoms with Gasteiger partial charge in [0.2, 0.25) is 11.8 Å². The average molecular weight is 247 g/mol. The minimum Gasteiger partial charge on any atom is -0.330 e. The highest BCUT2D eigenvalue weighted by Crippen LogP contribution is 2.26. The summed E-state index contributed by atoms with van der Waals surface area (Å²) in [4.78, 5) is 23.1. The van der Waals surface area contributed by atoms with Crippen molar-refractivity contribution in [3.63, 3.8) is 0 Å². The number of rotatable bonds is 4. The Morgan fingerprint density at radius 2 is 2.33 bits per heavy atom. The molecule has 2 rings (SSSR count). The summed E-state index contributed by atoms with van der Waals surface area (Å²) >= 11 is 0. The topological polar surface area (TPSA) is 84.2 Å². The number of hydrogen-bond donors (Lipinski definition) is 3. The van der Waals surface area contributed by atoms with Crippen molar-refractivity contribution >= 4 is 23.2 Å². The molecular formula is C13H17N3O2. The quantitative estimate of drug-likeness (QED) is 0.745. The van der Waals surface area contributed by atoms with Crippen LogP contribution < -0.4 is 16.4 Å². The number of hydrogen-bond acceptors (Lipinski definition) is 3. The Hall–Kier alpha value is -1.88.